The van der Waals surface area contributed by atoms with Crippen LogP contribution in [0.2, 0.25) is 0 Å². The van der Waals surface area contributed by atoms with Crippen LogP contribution >= 0.6 is 0 Å². The Balaban J connectivity index is 1.25. The average Bonchev–Trinajstić information content (AvgIpc) is 3.66. The summed E-state index contributed by atoms with van der Waals surface area (Å²) < 4.78 is 26.0. The van der Waals surface area contributed by atoms with E-state index in [0.29, 0.717) is 17.9 Å². The van der Waals surface area contributed by atoms with Crippen LogP contribution in [-0.2, 0) is 15.9 Å². The second kappa shape index (κ2) is 9.41. The second-order valence-corrected chi connectivity index (χ2v) is 13.3. The largest absolute Gasteiger partial charge is 0.493 e. The van der Waals surface area contributed by atoms with Gasteiger partial charge in [-0.15, -0.1) is 0 Å². The maximum atomic E-state index is 7.00. The third kappa shape index (κ3) is 3.73. The minimum absolute atomic E-state index is 0.0516. The number of nitrogens with zero attached hydrogens (tertiary/aromatic N) is 1. The van der Waals surface area contributed by atoms with Gasteiger partial charge in [-0.25, -0.2) is 0 Å². The van der Waals surface area contributed by atoms with Crippen LogP contribution in [0.1, 0.15) is 88.2 Å². The van der Waals surface area contributed by atoms with Gasteiger partial charge in [0.1, 0.15) is 11.7 Å². The van der Waals surface area contributed by atoms with Gasteiger partial charge in [0.25, 0.3) is 0 Å². The Labute approximate surface area is 223 Å². The molecule has 5 saturated carbocycles. The quantitative estimate of drug-likeness (QED) is 0.388. The van der Waals surface area contributed by atoms with E-state index in [1.54, 1.807) is 7.11 Å². The summed E-state index contributed by atoms with van der Waals surface area (Å²) in [5.41, 5.74) is 2.87. The lowest BCUT2D eigenvalue weighted by Crippen LogP contribution is -2.72. The van der Waals surface area contributed by atoms with Crippen molar-refractivity contribution < 1.29 is 18.9 Å². The molecule has 1 heterocycles. The van der Waals surface area contributed by atoms with Crippen molar-refractivity contribution in [2.75, 3.05) is 40.5 Å². The fraction of sp³-hybridized carbons (Fsp3) is 0.812. The Bertz CT molecular complexity index is 1000. The first-order valence-corrected chi connectivity index (χ1v) is 15.4. The highest BCUT2D eigenvalue weighted by Gasteiger charge is 2.72. The number of methoxy groups -OCH3 is 2. The number of hydrogen-bond acceptors (Lipinski definition) is 5. The summed E-state index contributed by atoms with van der Waals surface area (Å²) in [4.78, 5) is 2.87. The van der Waals surface area contributed by atoms with Crippen molar-refractivity contribution in [2.24, 2.45) is 23.2 Å². The molecular formula is C32H47NO4. The van der Waals surface area contributed by atoms with Crippen LogP contribution in [0.5, 0.6) is 11.5 Å². The summed E-state index contributed by atoms with van der Waals surface area (Å²) in [6, 6.07) is 5.04. The predicted molar refractivity (Wildman–Crippen MR) is 145 cm³/mol. The standard InChI is InChI=1S/C32H47NO4/c1-4-33(18-21-10-11-21)26-16-23-12-13-25(34-2)29-27(23)28-30(37-29)32(35-3)15-14-31(26,28)17-24(32)20-36-19-22-8-6-5-7-9-22/h12-13,21-22,24,26,28,30H,4-11,14-20H2,1-3H3. The van der Waals surface area contributed by atoms with Crippen molar-refractivity contribution >= 4 is 0 Å². The Hall–Kier alpha value is -1.30. The van der Waals surface area contributed by atoms with Crippen LogP contribution in [0.3, 0.4) is 0 Å². The van der Waals surface area contributed by atoms with Crippen molar-refractivity contribution in [1.29, 1.82) is 0 Å². The van der Waals surface area contributed by atoms with E-state index in [2.05, 4.69) is 24.0 Å². The molecule has 2 bridgehead atoms. The van der Waals surface area contributed by atoms with E-state index in [-0.39, 0.29) is 17.1 Å². The molecule has 1 aliphatic heterocycles. The number of likely N-dealkylation sites (N-methyl/N-ethyl adjacent to an activating group) is 1. The van der Waals surface area contributed by atoms with Crippen LogP contribution < -0.4 is 9.47 Å². The summed E-state index contributed by atoms with van der Waals surface area (Å²) in [7, 11) is 3.71. The van der Waals surface area contributed by atoms with Crippen LogP contribution in [-0.4, -0.2) is 63.2 Å². The SMILES string of the molecule is CCN(CC1CC1)C1Cc2ccc(OC)c3c2C2C(O3)C3(OC)CCC21CC3COCC1CCCCC1. The first kappa shape index (κ1) is 24.7. The third-order valence-electron chi connectivity index (χ3n) is 11.6. The Kier molecular flexibility index (Phi) is 6.29. The number of hydrogen-bond donors (Lipinski definition) is 0. The van der Waals surface area contributed by atoms with E-state index < -0.39 is 0 Å². The number of benzene rings is 1. The third-order valence-corrected chi connectivity index (χ3v) is 11.6. The molecule has 6 aliphatic carbocycles. The molecule has 0 aromatic heterocycles. The van der Waals surface area contributed by atoms with Gasteiger partial charge >= 0.3 is 0 Å². The van der Waals surface area contributed by atoms with E-state index in [0.717, 1.165) is 55.9 Å². The van der Waals surface area contributed by atoms with Crippen molar-refractivity contribution in [3.05, 3.63) is 23.3 Å². The molecule has 1 aromatic carbocycles. The molecule has 5 fully saturated rings. The highest BCUT2D eigenvalue weighted by Crippen LogP contribution is 2.71. The van der Waals surface area contributed by atoms with Gasteiger partial charge in [-0.05, 0) is 86.8 Å². The van der Waals surface area contributed by atoms with Crippen molar-refractivity contribution in [1.82, 2.24) is 4.90 Å². The van der Waals surface area contributed by atoms with Gasteiger partial charge in [0, 0.05) is 43.7 Å². The predicted octanol–water partition coefficient (Wildman–Crippen LogP) is 5.98. The highest BCUT2D eigenvalue weighted by atomic mass is 16.6. The first-order valence-electron chi connectivity index (χ1n) is 15.4. The lowest BCUT2D eigenvalue weighted by Gasteiger charge is -2.66. The molecule has 0 saturated heterocycles. The van der Waals surface area contributed by atoms with E-state index in [1.165, 1.54) is 75.5 Å². The summed E-state index contributed by atoms with van der Waals surface area (Å²) in [5.74, 6) is 4.31. The van der Waals surface area contributed by atoms with E-state index >= 15 is 0 Å². The first-order chi connectivity index (χ1) is 18.1. The molecule has 1 spiro atoms. The van der Waals surface area contributed by atoms with Gasteiger partial charge in [-0.1, -0.05) is 32.3 Å². The molecule has 0 radical (unpaired) electrons. The van der Waals surface area contributed by atoms with Gasteiger partial charge in [-0.2, -0.15) is 0 Å². The Morgan fingerprint density at radius 3 is 2.57 bits per heavy atom. The fourth-order valence-electron chi connectivity index (χ4n) is 9.60. The summed E-state index contributed by atoms with van der Waals surface area (Å²) in [6.45, 7) is 6.51. The molecule has 204 valence electrons. The summed E-state index contributed by atoms with van der Waals surface area (Å²) in [6.07, 6.45) is 14.3. The smallest absolute Gasteiger partial charge is 0.165 e. The Morgan fingerprint density at radius 1 is 1.00 bits per heavy atom. The zero-order valence-electron chi connectivity index (χ0n) is 23.3. The monoisotopic (exact) mass is 509 g/mol. The molecule has 5 heteroatoms. The average molecular weight is 510 g/mol. The molecule has 37 heavy (non-hydrogen) atoms. The van der Waals surface area contributed by atoms with Crippen LogP contribution in [0.15, 0.2) is 12.1 Å². The second-order valence-electron chi connectivity index (χ2n) is 13.3. The maximum Gasteiger partial charge on any atom is 0.165 e. The van der Waals surface area contributed by atoms with E-state index in [4.69, 9.17) is 18.9 Å². The molecule has 5 nitrogen and oxygen atoms in total. The fourth-order valence-corrected chi connectivity index (χ4v) is 9.60. The minimum Gasteiger partial charge on any atom is -0.493 e. The summed E-state index contributed by atoms with van der Waals surface area (Å²) >= 11 is 0. The number of ether oxygens (including phenoxy) is 4. The lowest BCUT2D eigenvalue weighted by atomic mass is 9.43. The molecule has 1 aromatic rings. The normalized spacial score (nSPS) is 38.1. The molecule has 0 amide bonds. The lowest BCUT2D eigenvalue weighted by molar-refractivity contribution is -0.242. The van der Waals surface area contributed by atoms with Crippen LogP contribution in [0, 0.1) is 23.2 Å². The van der Waals surface area contributed by atoms with E-state index in [1.807, 2.05) is 7.11 Å². The Morgan fingerprint density at radius 2 is 1.84 bits per heavy atom. The molecule has 6 unspecified atom stereocenters. The highest BCUT2D eigenvalue weighted by molar-refractivity contribution is 5.60. The zero-order chi connectivity index (χ0) is 25.2. The van der Waals surface area contributed by atoms with Crippen LogP contribution in [0.4, 0.5) is 0 Å². The van der Waals surface area contributed by atoms with Crippen LogP contribution in [0.25, 0.3) is 0 Å². The van der Waals surface area contributed by atoms with Crippen molar-refractivity contribution in [3.63, 3.8) is 0 Å². The zero-order valence-corrected chi connectivity index (χ0v) is 23.3. The van der Waals surface area contributed by atoms with Gasteiger partial charge in [-0.3, -0.25) is 4.90 Å². The van der Waals surface area contributed by atoms with E-state index in [9.17, 15) is 0 Å². The number of fused-ring (bicyclic) bond motifs is 2. The number of rotatable bonds is 10. The minimum atomic E-state index is -0.282. The van der Waals surface area contributed by atoms with Gasteiger partial charge in [0.2, 0.25) is 0 Å². The molecular weight excluding hydrogens is 462 g/mol. The molecule has 6 atom stereocenters. The van der Waals surface area contributed by atoms with Crippen molar-refractivity contribution in [3.8, 4) is 11.5 Å². The molecule has 0 N–H and O–H groups in total. The summed E-state index contributed by atoms with van der Waals surface area (Å²) in [5, 5.41) is 0. The molecule has 8 rings (SSSR count). The van der Waals surface area contributed by atoms with Gasteiger partial charge in [0.05, 0.1) is 13.7 Å². The maximum absolute atomic E-state index is 7.00. The molecule has 7 aliphatic rings. The van der Waals surface area contributed by atoms with Crippen molar-refractivity contribution in [2.45, 2.75) is 101 Å². The topological polar surface area (TPSA) is 40.2 Å². The van der Waals surface area contributed by atoms with Gasteiger partial charge in [0.15, 0.2) is 11.5 Å². The van der Waals surface area contributed by atoms with Gasteiger partial charge < -0.3 is 18.9 Å².